The molecule has 0 aliphatic carbocycles. The number of hydrogen-bond acceptors (Lipinski definition) is 7. The number of hydrogen-bond donors (Lipinski definition) is 4. The van der Waals surface area contributed by atoms with Crippen LogP contribution in [0.5, 0.6) is 0 Å². The van der Waals surface area contributed by atoms with Crippen LogP contribution in [-0.4, -0.2) is 17.6 Å². The lowest BCUT2D eigenvalue weighted by atomic mass is 10.5. The Morgan fingerprint density at radius 3 is 2.42 bits per heavy atom. The number of carbonyl (C=O) groups excluding carboxylic acids is 1. The van der Waals surface area contributed by atoms with Gasteiger partial charge in [0.05, 0.1) is 17.2 Å². The van der Waals surface area contributed by atoms with Crippen LogP contribution in [0.25, 0.3) is 0 Å². The molecule has 7 N–H and O–H groups in total. The number of nitrogens with zero attached hydrogens (tertiary/aromatic N) is 2. The van der Waals surface area contributed by atoms with Gasteiger partial charge in [-0.1, -0.05) is 6.58 Å². The molecular formula is C4H11N6O2+. The molecule has 0 atom stereocenters. The Bertz CT molecular complexity index is 212. The number of nitrogens with one attached hydrogen (secondary N) is 1. The summed E-state index contributed by atoms with van der Waals surface area (Å²) in [5.41, 5.74) is 6.54. The van der Waals surface area contributed by atoms with Crippen molar-refractivity contribution >= 4 is 12.7 Å². The Hall–Kier alpha value is -1.48. The quantitative estimate of drug-likeness (QED) is 0.124. The van der Waals surface area contributed by atoms with Gasteiger partial charge in [0.25, 0.3) is 0 Å². The second kappa shape index (κ2) is 3.78. The van der Waals surface area contributed by atoms with Gasteiger partial charge in [-0.3, -0.25) is 0 Å². The summed E-state index contributed by atoms with van der Waals surface area (Å²) in [6, 6.07) is 0. The van der Waals surface area contributed by atoms with E-state index in [0.717, 1.165) is 0 Å². The molecule has 0 saturated carbocycles. The van der Waals surface area contributed by atoms with Crippen molar-refractivity contribution in [2.24, 2.45) is 22.5 Å². The van der Waals surface area contributed by atoms with E-state index in [9.17, 15) is 4.79 Å². The Morgan fingerprint density at radius 2 is 2.08 bits per heavy atom. The highest BCUT2D eigenvalue weighted by atomic mass is 16.7. The first kappa shape index (κ1) is 10.5. The molecule has 68 valence electrons. The Labute approximate surface area is 68.7 Å². The molecule has 0 rings (SSSR count). The van der Waals surface area contributed by atoms with Gasteiger partial charge in [0.15, 0.2) is 0 Å². The van der Waals surface area contributed by atoms with Crippen LogP contribution in [0.1, 0.15) is 0 Å². The monoisotopic (exact) mass is 175 g/mol. The normalized spacial score (nSPS) is 10.5. The van der Waals surface area contributed by atoms with Crippen molar-refractivity contribution in [1.82, 2.24) is 5.59 Å². The Kier molecular flexibility index (Phi) is 3.31. The third kappa shape index (κ3) is 3.63. The SMILES string of the molecule is C=N[N+](N)(N)NOC(=O)C(=C)N. The number of rotatable bonds is 4. The fourth-order valence-electron chi connectivity index (χ4n) is 0.209. The zero-order chi connectivity index (χ0) is 9.78. The minimum atomic E-state index is -1.11. The van der Waals surface area contributed by atoms with Crippen LogP contribution in [-0.2, 0) is 9.63 Å². The van der Waals surface area contributed by atoms with E-state index in [2.05, 4.69) is 23.2 Å². The fraction of sp³-hybridized carbons (Fsp3) is 0. The molecule has 0 amide bonds. The van der Waals surface area contributed by atoms with Gasteiger partial charge in [0.1, 0.15) is 5.70 Å². The van der Waals surface area contributed by atoms with Crippen LogP contribution in [0, 0.1) is 0 Å². The lowest BCUT2D eigenvalue weighted by molar-refractivity contribution is -1.02. The molecule has 0 bridgehead atoms. The van der Waals surface area contributed by atoms with Gasteiger partial charge in [-0.25, -0.2) is 4.79 Å². The number of quaternary nitrogens is 1. The summed E-state index contributed by atoms with van der Waals surface area (Å²) in [4.78, 5) is 13.7. The minimum absolute atomic E-state index is 0.286. The van der Waals surface area contributed by atoms with Gasteiger partial charge in [-0.15, -0.1) is 11.7 Å². The molecule has 0 saturated heterocycles. The molecule has 0 spiro atoms. The fourth-order valence-corrected chi connectivity index (χ4v) is 0.209. The third-order valence-electron chi connectivity index (χ3n) is 0.781. The largest absolute Gasteiger partial charge is 0.393 e. The zero-order valence-electron chi connectivity index (χ0n) is 6.36. The summed E-state index contributed by atoms with van der Waals surface area (Å²) >= 11 is 0. The van der Waals surface area contributed by atoms with Crippen molar-refractivity contribution in [2.75, 3.05) is 0 Å². The number of carbonyl (C=O) groups is 1. The summed E-state index contributed by atoms with van der Waals surface area (Å²) in [5.74, 6) is 9.29. The third-order valence-corrected chi connectivity index (χ3v) is 0.781. The van der Waals surface area contributed by atoms with Gasteiger partial charge in [-0.05, 0) is 5.10 Å². The van der Waals surface area contributed by atoms with Gasteiger partial charge in [0.2, 0.25) is 0 Å². The highest BCUT2D eigenvalue weighted by Crippen LogP contribution is 1.85. The zero-order valence-corrected chi connectivity index (χ0v) is 6.36. The van der Waals surface area contributed by atoms with Crippen molar-refractivity contribution < 1.29 is 14.6 Å². The van der Waals surface area contributed by atoms with E-state index in [1.54, 1.807) is 0 Å². The van der Waals surface area contributed by atoms with Crippen molar-refractivity contribution in [1.29, 1.82) is 0 Å². The maximum Gasteiger partial charge on any atom is 0.377 e. The summed E-state index contributed by atoms with van der Waals surface area (Å²) in [5, 5.41) is 3.14. The summed E-state index contributed by atoms with van der Waals surface area (Å²) in [6.45, 7) is 6.13. The molecular weight excluding hydrogens is 164 g/mol. The van der Waals surface area contributed by atoms with Crippen LogP contribution < -0.4 is 23.0 Å². The van der Waals surface area contributed by atoms with Crippen molar-refractivity contribution in [3.05, 3.63) is 12.3 Å². The lowest BCUT2D eigenvalue weighted by Gasteiger charge is -2.16. The van der Waals surface area contributed by atoms with E-state index in [1.165, 1.54) is 0 Å². The average Bonchev–Trinajstić information content (AvgIpc) is 2.00. The van der Waals surface area contributed by atoms with E-state index in [4.69, 9.17) is 17.4 Å². The van der Waals surface area contributed by atoms with Crippen molar-refractivity contribution in [2.45, 2.75) is 0 Å². The maximum atomic E-state index is 10.6. The molecule has 8 nitrogen and oxygen atoms in total. The Balaban J connectivity index is 3.91. The molecule has 0 heterocycles. The van der Waals surface area contributed by atoms with E-state index >= 15 is 0 Å². The predicted octanol–water partition coefficient (Wildman–Crippen LogP) is -2.40. The first-order valence-corrected chi connectivity index (χ1v) is 2.76. The highest BCUT2D eigenvalue weighted by Gasteiger charge is 2.18. The van der Waals surface area contributed by atoms with E-state index in [0.29, 0.717) is 0 Å². The van der Waals surface area contributed by atoms with Crippen LogP contribution in [0.2, 0.25) is 0 Å². The van der Waals surface area contributed by atoms with Gasteiger partial charge >= 0.3 is 5.97 Å². The summed E-state index contributed by atoms with van der Waals surface area (Å²) in [7, 11) is 0. The summed E-state index contributed by atoms with van der Waals surface area (Å²) in [6.07, 6.45) is 0. The van der Waals surface area contributed by atoms with E-state index < -0.39 is 10.9 Å². The molecule has 8 heteroatoms. The predicted molar refractivity (Wildman–Crippen MR) is 40.7 cm³/mol. The number of nitrogens with two attached hydrogens (primary N) is 3. The van der Waals surface area contributed by atoms with Gasteiger partial charge in [0, 0.05) is 0 Å². The smallest absolute Gasteiger partial charge is 0.377 e. The van der Waals surface area contributed by atoms with Crippen LogP contribution >= 0.6 is 0 Å². The van der Waals surface area contributed by atoms with Gasteiger partial charge < -0.3 is 10.6 Å². The first-order valence-electron chi connectivity index (χ1n) is 2.76. The highest BCUT2D eigenvalue weighted by molar-refractivity contribution is 5.86. The topological polar surface area (TPSA) is 129 Å². The van der Waals surface area contributed by atoms with Crippen LogP contribution in [0.3, 0.4) is 0 Å². The molecule has 0 unspecified atom stereocenters. The van der Waals surface area contributed by atoms with Crippen LogP contribution in [0.4, 0.5) is 0 Å². The average molecular weight is 175 g/mol. The summed E-state index contributed by atoms with van der Waals surface area (Å²) < 4.78 is 0. The van der Waals surface area contributed by atoms with E-state index in [1.807, 2.05) is 5.59 Å². The van der Waals surface area contributed by atoms with Crippen molar-refractivity contribution in [3.8, 4) is 0 Å². The second-order valence-electron chi connectivity index (χ2n) is 1.89. The molecule has 12 heavy (non-hydrogen) atoms. The first-order chi connectivity index (χ1) is 5.39. The maximum absolute atomic E-state index is 10.6. The minimum Gasteiger partial charge on any atom is -0.393 e. The standard InChI is InChI=1S/C4H11N6O2/c1-3(5)4(11)12-9-10(6,7)8-2/h9H,1-2,5-7H2/q+1. The van der Waals surface area contributed by atoms with Gasteiger partial charge in [-0.2, -0.15) is 0 Å². The van der Waals surface area contributed by atoms with Crippen LogP contribution in [0.15, 0.2) is 17.4 Å². The molecule has 0 fully saturated rings. The molecule has 0 aromatic carbocycles. The lowest BCUT2D eigenvalue weighted by Crippen LogP contribution is -2.65. The Morgan fingerprint density at radius 1 is 1.58 bits per heavy atom. The van der Waals surface area contributed by atoms with Crippen molar-refractivity contribution in [3.63, 3.8) is 0 Å². The molecule has 0 aliphatic heterocycles. The molecule has 0 radical (unpaired) electrons. The second-order valence-corrected chi connectivity index (χ2v) is 1.89. The molecule has 0 aromatic heterocycles. The molecule has 0 aliphatic rings. The van der Waals surface area contributed by atoms with E-state index in [-0.39, 0.29) is 5.70 Å². The molecule has 0 aromatic rings.